The van der Waals surface area contributed by atoms with Gasteiger partial charge in [0.25, 0.3) is 0 Å². The predicted octanol–water partition coefficient (Wildman–Crippen LogP) is 4.52. The van der Waals surface area contributed by atoms with Gasteiger partial charge in [-0.05, 0) is 82.9 Å². The first-order chi connectivity index (χ1) is 17.1. The van der Waals surface area contributed by atoms with Crippen LogP contribution in [0.3, 0.4) is 0 Å². The summed E-state index contributed by atoms with van der Waals surface area (Å²) in [6, 6.07) is 11.4. The molecule has 0 saturated heterocycles. The number of alkyl carbamates (subject to hydrolysis) is 1. The van der Waals surface area contributed by atoms with E-state index < -0.39 is 35.3 Å². The highest BCUT2D eigenvalue weighted by Gasteiger charge is 2.32. The third-order valence-corrected chi connectivity index (χ3v) is 5.63. The van der Waals surface area contributed by atoms with Crippen LogP contribution in [-0.2, 0) is 22.5 Å². The van der Waals surface area contributed by atoms with Gasteiger partial charge in [0.1, 0.15) is 17.4 Å². The van der Waals surface area contributed by atoms with Crippen molar-refractivity contribution in [3.8, 4) is 5.75 Å². The van der Waals surface area contributed by atoms with E-state index in [0.717, 1.165) is 22.3 Å². The Morgan fingerprint density at radius 1 is 1.00 bits per heavy atom. The zero-order chi connectivity index (χ0) is 28.0. The lowest BCUT2D eigenvalue weighted by molar-refractivity contribution is -0.125. The Hall–Kier alpha value is -3.75. The molecule has 4 N–H and O–H groups in total. The van der Waals surface area contributed by atoms with Crippen molar-refractivity contribution >= 4 is 18.1 Å². The van der Waals surface area contributed by atoms with Crippen LogP contribution in [0.4, 0.5) is 9.59 Å². The third kappa shape index (κ3) is 9.67. The van der Waals surface area contributed by atoms with E-state index in [2.05, 4.69) is 10.6 Å². The number of aromatic hydroxyl groups is 1. The lowest BCUT2D eigenvalue weighted by atomic mass is 9.94. The number of hydrogen-bond acceptors (Lipinski definition) is 5. The Balaban J connectivity index is 2.25. The van der Waals surface area contributed by atoms with Gasteiger partial charge in [-0.25, -0.2) is 9.59 Å². The van der Waals surface area contributed by atoms with Crippen molar-refractivity contribution in [2.45, 2.75) is 78.6 Å². The Kier molecular flexibility index (Phi) is 9.55. The van der Waals surface area contributed by atoms with Gasteiger partial charge in [0.05, 0.1) is 5.54 Å². The van der Waals surface area contributed by atoms with Crippen LogP contribution in [0.25, 0.3) is 0 Å². The van der Waals surface area contributed by atoms with Gasteiger partial charge in [-0.1, -0.05) is 30.3 Å². The fraction of sp³-hybridized carbons (Fsp3) is 0.464. The minimum Gasteiger partial charge on any atom is -0.508 e. The molecular weight excluding hydrogens is 474 g/mol. The van der Waals surface area contributed by atoms with Crippen molar-refractivity contribution in [2.24, 2.45) is 0 Å². The topological polar surface area (TPSA) is 128 Å². The smallest absolute Gasteiger partial charge is 0.408 e. The lowest BCUT2D eigenvalue weighted by Gasteiger charge is -2.34. The van der Waals surface area contributed by atoms with Crippen LogP contribution in [0.5, 0.6) is 5.75 Å². The Morgan fingerprint density at radius 3 is 2.08 bits per heavy atom. The number of aryl methyl sites for hydroxylation is 2. The van der Waals surface area contributed by atoms with Crippen molar-refractivity contribution in [3.63, 3.8) is 0 Å². The van der Waals surface area contributed by atoms with E-state index in [4.69, 9.17) is 4.74 Å². The first-order valence-corrected chi connectivity index (χ1v) is 12.2. The highest BCUT2D eigenvalue weighted by atomic mass is 16.6. The van der Waals surface area contributed by atoms with Crippen LogP contribution in [0.1, 0.15) is 56.9 Å². The van der Waals surface area contributed by atoms with Gasteiger partial charge in [0.2, 0.25) is 5.91 Å². The second kappa shape index (κ2) is 12.0. The van der Waals surface area contributed by atoms with Gasteiger partial charge in [0, 0.05) is 19.5 Å². The monoisotopic (exact) mass is 513 g/mol. The largest absolute Gasteiger partial charge is 0.508 e. The van der Waals surface area contributed by atoms with E-state index in [9.17, 15) is 24.6 Å². The molecule has 9 nitrogen and oxygen atoms in total. The molecule has 0 radical (unpaired) electrons. The van der Waals surface area contributed by atoms with Crippen molar-refractivity contribution in [3.05, 3.63) is 64.7 Å². The first kappa shape index (κ1) is 29.5. The lowest BCUT2D eigenvalue weighted by Crippen LogP contribution is -2.58. The molecule has 0 aliphatic carbocycles. The number of nitrogens with one attached hydrogen (secondary N) is 2. The first-order valence-electron chi connectivity index (χ1n) is 12.2. The summed E-state index contributed by atoms with van der Waals surface area (Å²) in [5.41, 5.74) is 1.49. The Morgan fingerprint density at radius 2 is 1.57 bits per heavy atom. The summed E-state index contributed by atoms with van der Waals surface area (Å²) >= 11 is 0. The molecule has 0 fully saturated rings. The van der Waals surface area contributed by atoms with E-state index in [1.807, 2.05) is 44.2 Å². The van der Waals surface area contributed by atoms with Gasteiger partial charge in [-0.3, -0.25) is 4.79 Å². The number of benzene rings is 2. The summed E-state index contributed by atoms with van der Waals surface area (Å²) in [6.45, 7) is 12.5. The van der Waals surface area contributed by atoms with Crippen LogP contribution in [0, 0.1) is 13.8 Å². The molecule has 0 saturated carbocycles. The summed E-state index contributed by atoms with van der Waals surface area (Å²) in [7, 11) is 0. The van der Waals surface area contributed by atoms with Crippen LogP contribution in [0.15, 0.2) is 42.5 Å². The predicted molar refractivity (Wildman–Crippen MR) is 142 cm³/mol. The highest BCUT2D eigenvalue weighted by Crippen LogP contribution is 2.23. The molecule has 2 aromatic carbocycles. The van der Waals surface area contributed by atoms with Gasteiger partial charge < -0.3 is 30.5 Å². The number of phenols is 1. The Labute approximate surface area is 218 Å². The van der Waals surface area contributed by atoms with E-state index in [-0.39, 0.29) is 25.3 Å². The molecule has 2 rings (SSSR count). The molecule has 0 bridgehead atoms. The molecule has 0 spiro atoms. The summed E-state index contributed by atoms with van der Waals surface area (Å²) in [6.07, 6.45) is -1.69. The summed E-state index contributed by atoms with van der Waals surface area (Å²) in [5.74, 6) is -0.360. The second-order valence-corrected chi connectivity index (χ2v) is 11.0. The number of carboxylic acid groups (broad SMARTS) is 1. The fourth-order valence-electron chi connectivity index (χ4n) is 4.09. The van der Waals surface area contributed by atoms with Crippen LogP contribution in [0.2, 0.25) is 0 Å². The maximum absolute atomic E-state index is 13.5. The van der Waals surface area contributed by atoms with Gasteiger partial charge >= 0.3 is 12.2 Å². The van der Waals surface area contributed by atoms with Gasteiger partial charge in [-0.2, -0.15) is 0 Å². The Bertz CT molecular complexity index is 1090. The molecule has 1 atom stereocenters. The molecule has 0 heterocycles. The number of amides is 3. The molecule has 3 amide bonds. The minimum atomic E-state index is -1.11. The fourth-order valence-corrected chi connectivity index (χ4v) is 4.09. The number of hydrogen-bond donors (Lipinski definition) is 4. The summed E-state index contributed by atoms with van der Waals surface area (Å²) in [4.78, 5) is 39.2. The molecule has 37 heavy (non-hydrogen) atoms. The number of carbonyl (C=O) groups excluding carboxylic acids is 2. The normalized spacial score (nSPS) is 12.4. The highest BCUT2D eigenvalue weighted by molar-refractivity contribution is 5.86. The molecule has 0 aromatic heterocycles. The number of nitrogens with zero attached hydrogens (tertiary/aromatic N) is 1. The average molecular weight is 514 g/mol. The molecule has 0 aliphatic heterocycles. The van der Waals surface area contributed by atoms with Gasteiger partial charge in [-0.15, -0.1) is 0 Å². The molecular formula is C28H39N3O6. The number of rotatable bonds is 9. The van der Waals surface area contributed by atoms with Crippen LogP contribution >= 0.6 is 0 Å². The standard InChI is InChI=1S/C28H39N3O6/c1-18-13-21(32)14-19(2)22(18)15-23(29-25(34)37-27(3,4)5)24(33)30-28(6,7)17-31(26(35)36)16-20-11-9-8-10-12-20/h8-14,23,32H,15-17H2,1-7H3,(H,29,34)(H,30,33)(H,35,36)/t23-/m0/s1. The van der Waals surface area contributed by atoms with Crippen LogP contribution in [-0.4, -0.2) is 56.9 Å². The second-order valence-electron chi connectivity index (χ2n) is 11.0. The SMILES string of the molecule is Cc1cc(O)cc(C)c1C[C@H](NC(=O)OC(C)(C)C)C(=O)NC(C)(C)CN(Cc1ccccc1)C(=O)O. The van der Waals surface area contributed by atoms with E-state index in [0.29, 0.717) is 0 Å². The van der Waals surface area contributed by atoms with E-state index in [1.54, 1.807) is 46.8 Å². The average Bonchev–Trinajstić information content (AvgIpc) is 2.73. The number of ether oxygens (including phenoxy) is 1. The third-order valence-electron chi connectivity index (χ3n) is 5.63. The molecule has 202 valence electrons. The summed E-state index contributed by atoms with van der Waals surface area (Å²) < 4.78 is 5.37. The van der Waals surface area contributed by atoms with Crippen LogP contribution < -0.4 is 10.6 Å². The maximum Gasteiger partial charge on any atom is 0.408 e. The molecule has 9 heteroatoms. The number of carbonyl (C=O) groups is 3. The van der Waals surface area contributed by atoms with Crippen molar-refractivity contribution in [1.82, 2.24) is 15.5 Å². The molecule has 2 aromatic rings. The molecule has 0 unspecified atom stereocenters. The minimum absolute atomic E-state index is 0.0272. The zero-order valence-electron chi connectivity index (χ0n) is 22.7. The van der Waals surface area contributed by atoms with E-state index in [1.165, 1.54) is 4.90 Å². The van der Waals surface area contributed by atoms with Crippen molar-refractivity contribution in [1.29, 1.82) is 0 Å². The zero-order valence-corrected chi connectivity index (χ0v) is 22.7. The quantitative estimate of drug-likeness (QED) is 0.390. The van der Waals surface area contributed by atoms with Crippen molar-refractivity contribution < 1.29 is 29.3 Å². The van der Waals surface area contributed by atoms with Crippen molar-refractivity contribution in [2.75, 3.05) is 6.54 Å². The maximum atomic E-state index is 13.5. The van der Waals surface area contributed by atoms with Gasteiger partial charge in [0.15, 0.2) is 0 Å². The summed E-state index contributed by atoms with van der Waals surface area (Å²) in [5, 5.41) is 25.2. The number of phenolic OH excluding ortho intramolecular Hbond substituents is 1. The van der Waals surface area contributed by atoms with E-state index >= 15 is 0 Å². The molecule has 0 aliphatic rings.